The Morgan fingerprint density at radius 1 is 1.14 bits per heavy atom. The number of hydrogen-bond acceptors (Lipinski definition) is 5. The van der Waals surface area contributed by atoms with Crippen molar-refractivity contribution >= 4 is 11.8 Å². The van der Waals surface area contributed by atoms with Gasteiger partial charge in [0.15, 0.2) is 11.5 Å². The minimum Gasteiger partial charge on any atom is -0.454 e. The molecule has 2 atom stereocenters. The van der Waals surface area contributed by atoms with E-state index in [0.29, 0.717) is 37.3 Å². The van der Waals surface area contributed by atoms with E-state index < -0.39 is 12.1 Å². The highest BCUT2D eigenvalue weighted by Crippen LogP contribution is 2.33. The molecule has 1 fully saturated rings. The fraction of sp³-hybridized carbons (Fsp3) is 0.364. The van der Waals surface area contributed by atoms with Gasteiger partial charge < -0.3 is 24.8 Å². The number of hydrogen-bond donors (Lipinski definition) is 2. The molecule has 7 nitrogen and oxygen atoms in total. The van der Waals surface area contributed by atoms with E-state index in [1.54, 1.807) is 4.90 Å². The van der Waals surface area contributed by atoms with E-state index in [1.165, 1.54) is 0 Å². The van der Waals surface area contributed by atoms with Gasteiger partial charge in [0, 0.05) is 13.0 Å². The molecule has 2 unspecified atom stereocenters. The summed E-state index contributed by atoms with van der Waals surface area (Å²) in [5, 5.41) is 12.6. The molecule has 2 aromatic carbocycles. The van der Waals surface area contributed by atoms with Crippen molar-refractivity contribution < 1.29 is 24.2 Å². The van der Waals surface area contributed by atoms with Crippen molar-refractivity contribution in [2.75, 3.05) is 13.4 Å². The molecule has 1 saturated heterocycles. The zero-order chi connectivity index (χ0) is 20.2. The Labute approximate surface area is 169 Å². The van der Waals surface area contributed by atoms with Crippen LogP contribution in [0.1, 0.15) is 24.0 Å². The van der Waals surface area contributed by atoms with Crippen LogP contribution in [0, 0.1) is 0 Å². The van der Waals surface area contributed by atoms with Gasteiger partial charge in [-0.3, -0.25) is 9.59 Å². The molecular formula is C22H24N2O5. The first-order valence-electron chi connectivity index (χ1n) is 9.77. The third kappa shape index (κ3) is 4.35. The van der Waals surface area contributed by atoms with Crippen molar-refractivity contribution in [2.45, 2.75) is 37.9 Å². The molecule has 2 aromatic rings. The van der Waals surface area contributed by atoms with Crippen molar-refractivity contribution in [3.05, 3.63) is 59.7 Å². The fourth-order valence-corrected chi connectivity index (χ4v) is 3.80. The molecule has 2 aliphatic rings. The third-order valence-corrected chi connectivity index (χ3v) is 5.31. The third-order valence-electron chi connectivity index (χ3n) is 5.31. The summed E-state index contributed by atoms with van der Waals surface area (Å²) in [6.45, 7) is 0.357. The first-order chi connectivity index (χ1) is 14.1. The number of carbonyl (C=O) groups excluding carboxylic acids is 2. The van der Waals surface area contributed by atoms with Crippen LogP contribution < -0.4 is 14.8 Å². The second-order valence-corrected chi connectivity index (χ2v) is 7.34. The molecule has 0 radical (unpaired) electrons. The molecule has 0 spiro atoms. The molecule has 4 rings (SSSR count). The maximum absolute atomic E-state index is 12.9. The molecule has 0 aliphatic carbocycles. The van der Waals surface area contributed by atoms with Gasteiger partial charge in [0.1, 0.15) is 6.04 Å². The van der Waals surface area contributed by atoms with E-state index in [2.05, 4.69) is 5.32 Å². The summed E-state index contributed by atoms with van der Waals surface area (Å²) in [4.78, 5) is 26.9. The minimum atomic E-state index is -0.544. The van der Waals surface area contributed by atoms with Crippen molar-refractivity contribution in [1.29, 1.82) is 0 Å². The summed E-state index contributed by atoms with van der Waals surface area (Å²) in [5.41, 5.74) is 1.91. The molecule has 0 aromatic heterocycles. The maximum Gasteiger partial charge on any atom is 0.243 e. The number of carbonyl (C=O) groups is 2. The van der Waals surface area contributed by atoms with Crippen LogP contribution in [0.25, 0.3) is 0 Å². The smallest absolute Gasteiger partial charge is 0.243 e. The van der Waals surface area contributed by atoms with Gasteiger partial charge in [-0.2, -0.15) is 0 Å². The Morgan fingerprint density at radius 2 is 1.93 bits per heavy atom. The van der Waals surface area contributed by atoms with Crippen LogP contribution in [0.2, 0.25) is 0 Å². The standard InChI is InChI=1S/C22H24N2O5/c25-13-17(10-15-4-2-1-3-5-15)23-22(27)18-7-9-21(26)24(18)12-16-6-8-19-20(11-16)29-14-28-19/h1-6,8,11,17-18,25H,7,9-10,12-14H2,(H,23,27). The molecule has 2 aliphatic heterocycles. The highest BCUT2D eigenvalue weighted by atomic mass is 16.7. The number of nitrogens with zero attached hydrogens (tertiary/aromatic N) is 1. The topological polar surface area (TPSA) is 88.1 Å². The molecular weight excluding hydrogens is 372 g/mol. The van der Waals surface area contributed by atoms with E-state index in [-0.39, 0.29) is 25.2 Å². The van der Waals surface area contributed by atoms with Crippen molar-refractivity contribution in [3.63, 3.8) is 0 Å². The van der Waals surface area contributed by atoms with Gasteiger partial charge in [0.25, 0.3) is 0 Å². The monoisotopic (exact) mass is 396 g/mol. The molecule has 0 saturated carbocycles. The second-order valence-electron chi connectivity index (χ2n) is 7.34. The number of nitrogens with one attached hydrogen (secondary N) is 1. The zero-order valence-corrected chi connectivity index (χ0v) is 16.0. The lowest BCUT2D eigenvalue weighted by atomic mass is 10.1. The number of rotatable bonds is 7. The summed E-state index contributed by atoms with van der Waals surface area (Å²) >= 11 is 0. The van der Waals surface area contributed by atoms with Crippen LogP contribution >= 0.6 is 0 Å². The Hall–Kier alpha value is -3.06. The molecule has 2 amide bonds. The largest absolute Gasteiger partial charge is 0.454 e. The van der Waals surface area contributed by atoms with E-state index in [1.807, 2.05) is 48.5 Å². The van der Waals surface area contributed by atoms with Crippen LogP contribution in [0.3, 0.4) is 0 Å². The Bertz CT molecular complexity index is 886. The number of aliphatic hydroxyl groups excluding tert-OH is 1. The summed E-state index contributed by atoms with van der Waals surface area (Å²) in [6.07, 6.45) is 1.34. The first-order valence-corrected chi connectivity index (χ1v) is 9.77. The van der Waals surface area contributed by atoms with Crippen molar-refractivity contribution in [2.24, 2.45) is 0 Å². The lowest BCUT2D eigenvalue weighted by Crippen LogP contribution is -2.49. The SMILES string of the molecule is O=C(NC(CO)Cc1ccccc1)C1CCC(=O)N1Cc1ccc2c(c1)OCO2. The first kappa shape index (κ1) is 19.3. The van der Waals surface area contributed by atoms with Gasteiger partial charge >= 0.3 is 0 Å². The average molecular weight is 396 g/mol. The molecule has 2 N–H and O–H groups in total. The highest BCUT2D eigenvalue weighted by molar-refractivity contribution is 5.91. The minimum absolute atomic E-state index is 0.0496. The fourth-order valence-electron chi connectivity index (χ4n) is 3.80. The van der Waals surface area contributed by atoms with E-state index in [9.17, 15) is 14.7 Å². The molecule has 152 valence electrons. The van der Waals surface area contributed by atoms with Crippen LogP contribution in [-0.2, 0) is 22.6 Å². The molecule has 0 bridgehead atoms. The van der Waals surface area contributed by atoms with Crippen LogP contribution in [0.5, 0.6) is 11.5 Å². The Morgan fingerprint density at radius 3 is 2.72 bits per heavy atom. The number of ether oxygens (including phenoxy) is 2. The number of benzene rings is 2. The summed E-state index contributed by atoms with van der Waals surface area (Å²) in [6, 6.07) is 14.3. The van der Waals surface area contributed by atoms with Crippen molar-refractivity contribution in [1.82, 2.24) is 10.2 Å². The second kappa shape index (κ2) is 8.53. The molecule has 2 heterocycles. The van der Waals surface area contributed by atoms with Gasteiger partial charge in [-0.1, -0.05) is 36.4 Å². The predicted octanol–water partition coefficient (Wildman–Crippen LogP) is 1.63. The van der Waals surface area contributed by atoms with Gasteiger partial charge in [-0.15, -0.1) is 0 Å². The summed E-state index contributed by atoms with van der Waals surface area (Å²) in [5.74, 6) is 1.05. The Kier molecular flexibility index (Phi) is 5.67. The van der Waals surface area contributed by atoms with E-state index >= 15 is 0 Å². The average Bonchev–Trinajstić information content (AvgIpc) is 3.35. The lowest BCUT2D eigenvalue weighted by Gasteiger charge is -2.26. The Balaban J connectivity index is 1.42. The van der Waals surface area contributed by atoms with Crippen molar-refractivity contribution in [3.8, 4) is 11.5 Å². The number of aliphatic hydroxyl groups is 1. The van der Waals surface area contributed by atoms with Gasteiger partial charge in [0.2, 0.25) is 18.6 Å². The van der Waals surface area contributed by atoms with Crippen LogP contribution in [0.4, 0.5) is 0 Å². The van der Waals surface area contributed by atoms with Crippen LogP contribution in [-0.4, -0.2) is 47.3 Å². The predicted molar refractivity (Wildman–Crippen MR) is 105 cm³/mol. The highest BCUT2D eigenvalue weighted by Gasteiger charge is 2.36. The summed E-state index contributed by atoms with van der Waals surface area (Å²) < 4.78 is 10.7. The van der Waals surface area contributed by atoms with E-state index in [0.717, 1.165) is 11.1 Å². The normalized spacial score (nSPS) is 18.7. The van der Waals surface area contributed by atoms with Crippen LogP contribution in [0.15, 0.2) is 48.5 Å². The maximum atomic E-state index is 12.9. The summed E-state index contributed by atoms with van der Waals surface area (Å²) in [7, 11) is 0. The number of likely N-dealkylation sites (tertiary alicyclic amines) is 1. The molecule has 7 heteroatoms. The lowest BCUT2D eigenvalue weighted by molar-refractivity contribution is -0.136. The van der Waals surface area contributed by atoms with Gasteiger partial charge in [0.05, 0.1) is 12.6 Å². The quantitative estimate of drug-likeness (QED) is 0.743. The van der Waals surface area contributed by atoms with Gasteiger partial charge in [-0.25, -0.2) is 0 Å². The number of fused-ring (bicyclic) bond motifs is 1. The van der Waals surface area contributed by atoms with Gasteiger partial charge in [-0.05, 0) is 36.1 Å². The molecule has 29 heavy (non-hydrogen) atoms. The van der Waals surface area contributed by atoms with E-state index in [4.69, 9.17) is 9.47 Å². The zero-order valence-electron chi connectivity index (χ0n) is 16.0. The number of amides is 2.